The van der Waals surface area contributed by atoms with Gasteiger partial charge < -0.3 is 14.6 Å². The van der Waals surface area contributed by atoms with Crippen molar-refractivity contribution in [1.29, 1.82) is 0 Å². The molecule has 96 valence electrons. The maximum atomic E-state index is 5.30. The second-order valence-electron chi connectivity index (χ2n) is 4.34. The van der Waals surface area contributed by atoms with Gasteiger partial charge in [0.1, 0.15) is 0 Å². The molecule has 2 aromatic heterocycles. The Morgan fingerprint density at radius 3 is 3.11 bits per heavy atom. The number of oxazole rings is 1. The van der Waals surface area contributed by atoms with E-state index in [1.807, 2.05) is 6.92 Å². The molecule has 0 bridgehead atoms. The van der Waals surface area contributed by atoms with Gasteiger partial charge in [0, 0.05) is 19.6 Å². The minimum atomic E-state index is 0.636. The number of nitrogens with zero attached hydrogens (tertiary/aromatic N) is 4. The summed E-state index contributed by atoms with van der Waals surface area (Å²) in [7, 11) is 0. The van der Waals surface area contributed by atoms with Crippen LogP contribution in [0.25, 0.3) is 11.6 Å². The summed E-state index contributed by atoms with van der Waals surface area (Å²) in [5.74, 6) is 2.02. The predicted molar refractivity (Wildman–Crippen MR) is 66.3 cm³/mol. The summed E-state index contributed by atoms with van der Waals surface area (Å²) in [4.78, 5) is 10.7. The third-order valence-electron chi connectivity index (χ3n) is 3.06. The number of rotatable bonds is 2. The van der Waals surface area contributed by atoms with Gasteiger partial charge in [-0.15, -0.1) is 5.10 Å². The van der Waals surface area contributed by atoms with Crippen molar-refractivity contribution in [1.82, 2.24) is 25.5 Å². The van der Waals surface area contributed by atoms with Crippen molar-refractivity contribution < 1.29 is 4.42 Å². The lowest BCUT2D eigenvalue weighted by atomic mass is 10.3. The number of aromatic nitrogens is 4. The molecule has 0 aromatic carbocycles. The van der Waals surface area contributed by atoms with Gasteiger partial charge in [0.25, 0.3) is 0 Å². The Balaban J connectivity index is 1.82. The molecule has 0 saturated carbocycles. The molecular weight excluding hydrogens is 232 g/mol. The van der Waals surface area contributed by atoms with E-state index < -0.39 is 0 Å². The molecule has 3 heterocycles. The van der Waals surface area contributed by atoms with Crippen LogP contribution >= 0.6 is 0 Å². The smallest absolute Gasteiger partial charge is 0.245 e. The molecule has 2 aromatic rings. The summed E-state index contributed by atoms with van der Waals surface area (Å²) < 4.78 is 5.30. The molecule has 1 aliphatic heterocycles. The van der Waals surface area contributed by atoms with Gasteiger partial charge in [0.15, 0.2) is 18.0 Å². The summed E-state index contributed by atoms with van der Waals surface area (Å²) in [5, 5.41) is 10.5. The quantitative estimate of drug-likeness (QED) is 0.808. The first kappa shape index (κ1) is 11.2. The fraction of sp³-hybridized carbons (Fsp3) is 0.545. The van der Waals surface area contributed by atoms with E-state index in [4.69, 9.17) is 4.42 Å². The molecule has 18 heavy (non-hydrogen) atoms. The summed E-state index contributed by atoms with van der Waals surface area (Å²) in [6.45, 7) is 5.80. The molecule has 0 radical (unpaired) electrons. The molecule has 0 atom stereocenters. The first-order valence-corrected chi connectivity index (χ1v) is 6.13. The summed E-state index contributed by atoms with van der Waals surface area (Å²) in [6, 6.07) is 0. The third-order valence-corrected chi connectivity index (χ3v) is 3.06. The molecule has 7 nitrogen and oxygen atoms in total. The molecule has 7 heteroatoms. The Labute approximate surface area is 105 Å². The Morgan fingerprint density at radius 1 is 1.33 bits per heavy atom. The monoisotopic (exact) mass is 248 g/mol. The molecule has 1 fully saturated rings. The summed E-state index contributed by atoms with van der Waals surface area (Å²) >= 11 is 0. The number of aryl methyl sites for hydroxylation is 1. The van der Waals surface area contributed by atoms with Gasteiger partial charge in [0.05, 0.1) is 5.69 Å². The van der Waals surface area contributed by atoms with Crippen molar-refractivity contribution in [3.8, 4) is 11.6 Å². The Morgan fingerprint density at radius 2 is 2.28 bits per heavy atom. The van der Waals surface area contributed by atoms with Crippen LogP contribution in [-0.4, -0.2) is 46.3 Å². The van der Waals surface area contributed by atoms with E-state index in [0.717, 1.165) is 44.2 Å². The minimum absolute atomic E-state index is 0.636. The van der Waals surface area contributed by atoms with E-state index in [1.54, 1.807) is 0 Å². The molecule has 2 N–H and O–H groups in total. The highest BCUT2D eigenvalue weighted by atomic mass is 16.3. The number of anilines is 1. The van der Waals surface area contributed by atoms with Crippen LogP contribution in [-0.2, 0) is 0 Å². The van der Waals surface area contributed by atoms with Gasteiger partial charge in [-0.1, -0.05) is 0 Å². The Kier molecular flexibility index (Phi) is 2.97. The summed E-state index contributed by atoms with van der Waals surface area (Å²) in [5.41, 5.74) is 0.815. The standard InChI is InChI=1S/C11H16N6O/c1-8-9(18-7-13-8)10-14-11(16-15-10)17-5-2-3-12-4-6-17/h7,12H,2-6H2,1H3,(H,14,15,16). The number of H-pyrrole nitrogens is 1. The van der Waals surface area contributed by atoms with Crippen molar-refractivity contribution in [3.63, 3.8) is 0 Å². The van der Waals surface area contributed by atoms with Crippen molar-refractivity contribution >= 4 is 5.95 Å². The third kappa shape index (κ3) is 2.08. The van der Waals surface area contributed by atoms with Crippen molar-refractivity contribution in [2.45, 2.75) is 13.3 Å². The molecule has 0 spiro atoms. The van der Waals surface area contributed by atoms with Crippen LogP contribution < -0.4 is 10.2 Å². The topological polar surface area (TPSA) is 82.9 Å². The number of nitrogens with one attached hydrogen (secondary N) is 2. The predicted octanol–water partition coefficient (Wildman–Crippen LogP) is 0.568. The SMILES string of the molecule is Cc1ncoc1-c1nc(N2CCCNCC2)n[nH]1. The van der Waals surface area contributed by atoms with Crippen molar-refractivity contribution in [3.05, 3.63) is 12.1 Å². The second kappa shape index (κ2) is 4.77. The van der Waals surface area contributed by atoms with E-state index >= 15 is 0 Å². The average molecular weight is 248 g/mol. The zero-order valence-corrected chi connectivity index (χ0v) is 10.3. The highest BCUT2D eigenvalue weighted by Crippen LogP contribution is 2.20. The lowest BCUT2D eigenvalue weighted by Crippen LogP contribution is -2.28. The van der Waals surface area contributed by atoms with E-state index in [-0.39, 0.29) is 0 Å². The zero-order chi connectivity index (χ0) is 12.4. The van der Waals surface area contributed by atoms with Crippen molar-refractivity contribution in [2.24, 2.45) is 0 Å². The Hall–Kier alpha value is -1.89. The zero-order valence-electron chi connectivity index (χ0n) is 10.3. The molecule has 1 saturated heterocycles. The highest BCUT2D eigenvalue weighted by molar-refractivity contribution is 5.51. The van der Waals surface area contributed by atoms with Gasteiger partial charge in [-0.3, -0.25) is 5.10 Å². The molecule has 3 rings (SSSR count). The van der Waals surface area contributed by atoms with Gasteiger partial charge in [-0.05, 0) is 19.9 Å². The van der Waals surface area contributed by atoms with Gasteiger partial charge in [-0.25, -0.2) is 4.98 Å². The van der Waals surface area contributed by atoms with E-state index in [0.29, 0.717) is 11.6 Å². The van der Waals surface area contributed by atoms with Crippen LogP contribution in [0.15, 0.2) is 10.8 Å². The van der Waals surface area contributed by atoms with E-state index in [2.05, 4.69) is 30.4 Å². The normalized spacial score (nSPS) is 16.8. The minimum Gasteiger partial charge on any atom is -0.440 e. The second-order valence-corrected chi connectivity index (χ2v) is 4.34. The van der Waals surface area contributed by atoms with Crippen LogP contribution in [0.5, 0.6) is 0 Å². The maximum Gasteiger partial charge on any atom is 0.245 e. The van der Waals surface area contributed by atoms with Crippen molar-refractivity contribution in [2.75, 3.05) is 31.1 Å². The van der Waals surface area contributed by atoms with Crippen LogP contribution in [0.4, 0.5) is 5.95 Å². The molecule has 0 unspecified atom stereocenters. The highest BCUT2D eigenvalue weighted by Gasteiger charge is 2.17. The largest absolute Gasteiger partial charge is 0.440 e. The van der Waals surface area contributed by atoms with E-state index in [1.165, 1.54) is 6.39 Å². The number of aromatic amines is 1. The maximum absolute atomic E-state index is 5.30. The number of hydrogen-bond acceptors (Lipinski definition) is 6. The molecule has 0 amide bonds. The summed E-state index contributed by atoms with van der Waals surface area (Å²) in [6.07, 6.45) is 2.52. The fourth-order valence-electron chi connectivity index (χ4n) is 2.07. The Bertz CT molecular complexity index is 511. The van der Waals surface area contributed by atoms with Gasteiger partial charge in [-0.2, -0.15) is 4.98 Å². The molecule has 0 aliphatic carbocycles. The average Bonchev–Trinajstić information content (AvgIpc) is 2.91. The number of hydrogen-bond donors (Lipinski definition) is 2. The molecular formula is C11H16N6O. The van der Waals surface area contributed by atoms with Gasteiger partial charge in [0.2, 0.25) is 5.95 Å². The van der Waals surface area contributed by atoms with Gasteiger partial charge >= 0.3 is 0 Å². The lowest BCUT2D eigenvalue weighted by Gasteiger charge is -2.16. The van der Waals surface area contributed by atoms with Crippen LogP contribution in [0, 0.1) is 6.92 Å². The lowest BCUT2D eigenvalue weighted by molar-refractivity contribution is 0.567. The fourth-order valence-corrected chi connectivity index (χ4v) is 2.07. The first-order valence-electron chi connectivity index (χ1n) is 6.13. The van der Waals surface area contributed by atoms with Crippen LogP contribution in [0.3, 0.4) is 0 Å². The first-order chi connectivity index (χ1) is 8.84. The van der Waals surface area contributed by atoms with Crippen LogP contribution in [0.1, 0.15) is 12.1 Å². The van der Waals surface area contributed by atoms with Crippen LogP contribution in [0.2, 0.25) is 0 Å². The molecule has 1 aliphatic rings. The van der Waals surface area contributed by atoms with E-state index in [9.17, 15) is 0 Å².